The first kappa shape index (κ1) is 17.4. The number of aliphatic imine (C=N–C) groups is 1. The molecule has 0 saturated carbocycles. The number of aryl methyl sites for hydroxylation is 1. The van der Waals surface area contributed by atoms with Gasteiger partial charge in [-0.2, -0.15) is 0 Å². The van der Waals surface area contributed by atoms with E-state index in [1.54, 1.807) is 24.3 Å². The Morgan fingerprint density at radius 2 is 1.82 bits per heavy atom. The van der Waals surface area contributed by atoms with Gasteiger partial charge in [-0.1, -0.05) is 29.8 Å². The number of rotatable bonds is 4. The molecule has 0 atom stereocenters. The first-order valence-corrected chi connectivity index (χ1v) is 8.44. The molecule has 1 aliphatic rings. The first-order chi connectivity index (χ1) is 13.5. The highest BCUT2D eigenvalue weighted by Gasteiger charge is 2.24. The predicted octanol–water partition coefficient (Wildman–Crippen LogP) is 4.51. The molecule has 0 fully saturated rings. The molecule has 2 aromatic carbocycles. The van der Waals surface area contributed by atoms with Gasteiger partial charge in [-0.15, -0.1) is 0 Å². The van der Waals surface area contributed by atoms with Gasteiger partial charge in [-0.3, -0.25) is 10.1 Å². The maximum atomic E-state index is 12.1. The van der Waals surface area contributed by atoms with Crippen LogP contribution in [0.5, 0.6) is 0 Å². The summed E-state index contributed by atoms with van der Waals surface area (Å²) in [4.78, 5) is 26.8. The Hall–Kier alpha value is -4.00. The molecule has 7 heteroatoms. The highest BCUT2D eigenvalue weighted by molar-refractivity contribution is 6.12. The quantitative estimate of drug-likeness (QED) is 0.290. The van der Waals surface area contributed by atoms with Crippen molar-refractivity contribution < 1.29 is 18.9 Å². The summed E-state index contributed by atoms with van der Waals surface area (Å²) in [6, 6.07) is 16.9. The molecule has 4 rings (SSSR count). The zero-order valence-electron chi connectivity index (χ0n) is 14.8. The highest BCUT2D eigenvalue weighted by Crippen LogP contribution is 2.27. The van der Waals surface area contributed by atoms with E-state index in [1.807, 2.05) is 31.2 Å². The first-order valence-electron chi connectivity index (χ1n) is 8.44. The van der Waals surface area contributed by atoms with Crippen LogP contribution >= 0.6 is 0 Å². The van der Waals surface area contributed by atoms with Crippen molar-refractivity contribution >= 4 is 23.6 Å². The van der Waals surface area contributed by atoms with Crippen molar-refractivity contribution in [3.05, 3.63) is 93.4 Å². The van der Waals surface area contributed by atoms with Crippen LogP contribution in [-0.4, -0.2) is 16.8 Å². The van der Waals surface area contributed by atoms with Gasteiger partial charge in [0, 0.05) is 29.3 Å². The monoisotopic (exact) mass is 374 g/mol. The van der Waals surface area contributed by atoms with Gasteiger partial charge in [-0.05, 0) is 31.2 Å². The molecule has 0 amide bonds. The number of furan rings is 1. The van der Waals surface area contributed by atoms with E-state index in [9.17, 15) is 14.9 Å². The number of hydrogen-bond acceptors (Lipinski definition) is 6. The van der Waals surface area contributed by atoms with E-state index in [-0.39, 0.29) is 17.3 Å². The predicted molar refractivity (Wildman–Crippen MR) is 103 cm³/mol. The average molecular weight is 374 g/mol. The second-order valence-corrected chi connectivity index (χ2v) is 6.21. The smallest absolute Gasteiger partial charge is 0.363 e. The average Bonchev–Trinajstić information content (AvgIpc) is 3.30. The molecular formula is C21H14N2O5. The molecule has 0 aliphatic carbocycles. The fourth-order valence-corrected chi connectivity index (χ4v) is 2.72. The number of nitro groups is 1. The lowest BCUT2D eigenvalue weighted by molar-refractivity contribution is -0.384. The van der Waals surface area contributed by atoms with Gasteiger partial charge in [0.1, 0.15) is 11.5 Å². The Morgan fingerprint density at radius 1 is 1.04 bits per heavy atom. The molecule has 1 aliphatic heterocycles. The lowest BCUT2D eigenvalue weighted by Crippen LogP contribution is -2.05. The summed E-state index contributed by atoms with van der Waals surface area (Å²) in [6.45, 7) is 1.97. The third-order valence-corrected chi connectivity index (χ3v) is 4.17. The minimum Gasteiger partial charge on any atom is -0.457 e. The summed E-state index contributed by atoms with van der Waals surface area (Å²) in [6.07, 6.45) is 1.48. The number of nitrogens with zero attached hydrogens (tertiary/aromatic N) is 2. The zero-order chi connectivity index (χ0) is 19.7. The van der Waals surface area contributed by atoms with Gasteiger partial charge in [0.2, 0.25) is 5.90 Å². The Bertz CT molecular complexity index is 1140. The van der Waals surface area contributed by atoms with Crippen LogP contribution in [0.2, 0.25) is 0 Å². The number of cyclic esters (lactones) is 1. The largest absolute Gasteiger partial charge is 0.457 e. The van der Waals surface area contributed by atoms with Crippen molar-refractivity contribution in [2.45, 2.75) is 6.92 Å². The van der Waals surface area contributed by atoms with E-state index >= 15 is 0 Å². The van der Waals surface area contributed by atoms with Gasteiger partial charge >= 0.3 is 5.97 Å². The fraction of sp³-hybridized carbons (Fsp3) is 0.0476. The number of hydrogen-bond donors (Lipinski definition) is 0. The van der Waals surface area contributed by atoms with Crippen LogP contribution in [0.15, 0.2) is 75.8 Å². The number of carbonyl (C=O) groups excluding carboxylic acids is 1. The Kier molecular flexibility index (Phi) is 4.33. The van der Waals surface area contributed by atoms with Crippen LogP contribution in [0, 0.1) is 17.0 Å². The van der Waals surface area contributed by atoms with Crippen molar-refractivity contribution in [1.29, 1.82) is 0 Å². The van der Waals surface area contributed by atoms with Gasteiger partial charge in [0.15, 0.2) is 5.70 Å². The lowest BCUT2D eigenvalue weighted by Gasteiger charge is -1.99. The number of non-ortho nitro benzene ring substituents is 1. The summed E-state index contributed by atoms with van der Waals surface area (Å²) in [5.74, 6) is 0.512. The van der Waals surface area contributed by atoms with E-state index in [1.165, 1.54) is 18.2 Å². The molecule has 0 radical (unpaired) electrons. The van der Waals surface area contributed by atoms with Crippen molar-refractivity contribution in [3.8, 4) is 11.3 Å². The third kappa shape index (κ3) is 3.45. The van der Waals surface area contributed by atoms with Crippen LogP contribution in [0.25, 0.3) is 17.4 Å². The molecule has 0 bridgehead atoms. The van der Waals surface area contributed by atoms with Gasteiger partial charge < -0.3 is 9.15 Å². The van der Waals surface area contributed by atoms with Crippen LogP contribution in [0.3, 0.4) is 0 Å². The van der Waals surface area contributed by atoms with Crippen LogP contribution < -0.4 is 0 Å². The van der Waals surface area contributed by atoms with Crippen molar-refractivity contribution in [3.63, 3.8) is 0 Å². The fourth-order valence-electron chi connectivity index (χ4n) is 2.72. The number of benzene rings is 2. The van der Waals surface area contributed by atoms with Crippen LogP contribution in [0.4, 0.5) is 5.69 Å². The minimum atomic E-state index is -0.566. The number of nitro benzene ring substituents is 1. The normalized spacial score (nSPS) is 14.8. The third-order valence-electron chi connectivity index (χ3n) is 4.17. The van der Waals surface area contributed by atoms with E-state index in [0.29, 0.717) is 22.6 Å². The van der Waals surface area contributed by atoms with Crippen molar-refractivity contribution in [2.24, 2.45) is 4.99 Å². The Labute approximate surface area is 159 Å². The summed E-state index contributed by atoms with van der Waals surface area (Å²) in [7, 11) is 0. The summed E-state index contributed by atoms with van der Waals surface area (Å²) in [5.41, 5.74) is 2.46. The minimum absolute atomic E-state index is 0.0273. The maximum Gasteiger partial charge on any atom is 0.363 e. The molecule has 1 aromatic heterocycles. The summed E-state index contributed by atoms with van der Waals surface area (Å²) >= 11 is 0. The van der Waals surface area contributed by atoms with E-state index in [4.69, 9.17) is 9.15 Å². The Balaban J connectivity index is 1.61. The number of esters is 1. The van der Waals surface area contributed by atoms with E-state index < -0.39 is 10.9 Å². The van der Waals surface area contributed by atoms with Gasteiger partial charge in [0.05, 0.1) is 4.92 Å². The van der Waals surface area contributed by atoms with Crippen molar-refractivity contribution in [2.75, 3.05) is 0 Å². The molecule has 0 N–H and O–H groups in total. The number of carbonyl (C=O) groups is 1. The molecule has 0 unspecified atom stereocenters. The topological polar surface area (TPSA) is 94.9 Å². The zero-order valence-corrected chi connectivity index (χ0v) is 14.8. The molecule has 3 aromatic rings. The van der Waals surface area contributed by atoms with Gasteiger partial charge in [0.25, 0.3) is 5.69 Å². The summed E-state index contributed by atoms with van der Waals surface area (Å²) in [5, 5.41) is 10.9. The van der Waals surface area contributed by atoms with E-state index in [2.05, 4.69) is 4.99 Å². The SMILES string of the molecule is Cc1ccc(C2=N/C(=C\c3ccc(-c4cccc([N+](=O)[O-])c4)o3)C(=O)O2)cc1. The molecule has 28 heavy (non-hydrogen) atoms. The molecule has 7 nitrogen and oxygen atoms in total. The molecule has 138 valence electrons. The van der Waals surface area contributed by atoms with Crippen LogP contribution in [-0.2, 0) is 9.53 Å². The summed E-state index contributed by atoms with van der Waals surface area (Å²) < 4.78 is 10.9. The van der Waals surface area contributed by atoms with E-state index in [0.717, 1.165) is 5.56 Å². The highest BCUT2D eigenvalue weighted by atomic mass is 16.6. The van der Waals surface area contributed by atoms with Crippen LogP contribution in [0.1, 0.15) is 16.9 Å². The maximum absolute atomic E-state index is 12.1. The lowest BCUT2D eigenvalue weighted by atomic mass is 10.1. The Morgan fingerprint density at radius 3 is 2.57 bits per heavy atom. The molecular weight excluding hydrogens is 360 g/mol. The molecule has 0 spiro atoms. The number of ether oxygens (including phenoxy) is 1. The standard InChI is InChI=1S/C21H14N2O5/c1-13-5-7-14(8-6-13)20-22-18(21(24)28-20)12-17-9-10-19(27-17)15-3-2-4-16(11-15)23(25)26/h2-12H,1H3/b18-12-. The second-order valence-electron chi connectivity index (χ2n) is 6.21. The molecule has 2 heterocycles. The second kappa shape index (κ2) is 6.96. The van der Waals surface area contributed by atoms with Gasteiger partial charge in [-0.25, -0.2) is 9.79 Å². The van der Waals surface area contributed by atoms with Crippen molar-refractivity contribution in [1.82, 2.24) is 0 Å². The molecule has 0 saturated heterocycles.